The number of nitrogens with one attached hydrogen (secondary N) is 1. The Balaban J connectivity index is 1.63. The normalized spacial score (nSPS) is 28.3. The Morgan fingerprint density at radius 1 is 1.08 bits per heavy atom. The van der Waals surface area contributed by atoms with E-state index in [1.807, 2.05) is 91.8 Å². The zero-order valence-corrected chi connectivity index (χ0v) is 41.4. The van der Waals surface area contributed by atoms with Crippen molar-refractivity contribution in [3.8, 4) is 6.07 Å². The zero-order valence-electron chi connectivity index (χ0n) is 41.4. The number of methoxy groups -OCH3 is 2. The lowest BCUT2D eigenvalue weighted by molar-refractivity contribution is -0.334. The number of amides is 1. The topological polar surface area (TPSA) is 240 Å². The molecule has 1 spiro atoms. The summed E-state index contributed by atoms with van der Waals surface area (Å²) in [5.41, 5.74) is 2.38. The Labute approximate surface area is 392 Å². The van der Waals surface area contributed by atoms with E-state index in [1.165, 1.54) is 26.6 Å². The molecule has 0 aromatic carbocycles. The number of nitrogens with zero attached hydrogens (tertiary/aromatic N) is 3. The number of carbonyl (C=O) groups excluding carboxylic acids is 1. The Hall–Kier alpha value is -3.57. The smallest absolute Gasteiger partial charge is 0.251 e. The highest BCUT2D eigenvalue weighted by Crippen LogP contribution is 2.55. The van der Waals surface area contributed by atoms with Crippen molar-refractivity contribution in [2.45, 2.75) is 161 Å². The molecule has 0 bridgehead atoms. The molecular weight excluding hydrogens is 849 g/mol. The molecular formula is C50H80N4O12. The van der Waals surface area contributed by atoms with Crippen LogP contribution in [0.15, 0.2) is 63.9 Å². The van der Waals surface area contributed by atoms with E-state index in [2.05, 4.69) is 10.3 Å². The third kappa shape index (κ3) is 14.5. The largest absolute Gasteiger partial charge is 0.448 e. The lowest BCUT2D eigenvalue weighted by Crippen LogP contribution is -2.58. The fourth-order valence-electron chi connectivity index (χ4n) is 8.64. The average molecular weight is 929 g/mol. The molecule has 1 aromatic heterocycles. The van der Waals surface area contributed by atoms with Gasteiger partial charge in [0.25, 0.3) is 5.91 Å². The van der Waals surface area contributed by atoms with Crippen LogP contribution in [-0.4, -0.2) is 155 Å². The second-order valence-corrected chi connectivity index (χ2v) is 19.3. The molecule has 15 atom stereocenters. The third-order valence-electron chi connectivity index (χ3n) is 13.8. The molecule has 0 unspecified atom stereocenters. The highest BCUT2D eigenvalue weighted by atomic mass is 16.7. The summed E-state index contributed by atoms with van der Waals surface area (Å²) in [5.74, 6) is -2.91. The maximum Gasteiger partial charge on any atom is 0.251 e. The van der Waals surface area contributed by atoms with Gasteiger partial charge in [-0.15, -0.1) is 0 Å². The molecule has 2 aliphatic heterocycles. The SMILES string of the molecule is COC[C@H]([C@@H](O)[C@@H](O)C(=O)NCC[C@@H](C)c1nc(/C=C/C[C@H]2O[C@@]3(C[C@H](O)[C@H]2C)O[C@H]([C@@H](C[C@@H](O)[C@@H](C)[C@@H](O)[C@@H](C)/C=C(C)/C(C)=C/C=C/C(C)=C/C#N)OC)[C@@H](O)C3(C)C)co1)N(C)C. The van der Waals surface area contributed by atoms with Crippen LogP contribution in [0.25, 0.3) is 6.08 Å². The van der Waals surface area contributed by atoms with E-state index in [-0.39, 0.29) is 43.7 Å². The van der Waals surface area contributed by atoms with Crippen molar-refractivity contribution in [2.75, 3.05) is 41.5 Å². The van der Waals surface area contributed by atoms with E-state index < -0.39 is 84.0 Å². The van der Waals surface area contributed by atoms with Crippen LogP contribution in [0.5, 0.6) is 0 Å². The number of likely N-dealkylation sites (N-methyl/N-ethyl adjacent to an activating group) is 1. The molecule has 0 aliphatic carbocycles. The van der Waals surface area contributed by atoms with E-state index in [1.54, 1.807) is 32.0 Å². The lowest BCUT2D eigenvalue weighted by Gasteiger charge is -2.49. The van der Waals surface area contributed by atoms with E-state index in [0.29, 0.717) is 24.4 Å². The van der Waals surface area contributed by atoms with Gasteiger partial charge in [0.05, 0.1) is 55.3 Å². The maximum atomic E-state index is 12.6. The molecule has 0 radical (unpaired) electrons. The van der Waals surface area contributed by atoms with Crippen molar-refractivity contribution >= 4 is 12.0 Å². The van der Waals surface area contributed by atoms with Crippen LogP contribution < -0.4 is 5.32 Å². The molecule has 16 heteroatoms. The van der Waals surface area contributed by atoms with Crippen molar-refractivity contribution in [3.63, 3.8) is 0 Å². The molecule has 2 aliphatic rings. The van der Waals surface area contributed by atoms with Crippen molar-refractivity contribution in [3.05, 3.63) is 71.0 Å². The maximum absolute atomic E-state index is 12.6. The predicted molar refractivity (Wildman–Crippen MR) is 251 cm³/mol. The number of hydrogen-bond donors (Lipinski definition) is 7. The van der Waals surface area contributed by atoms with Gasteiger partial charge in [0.15, 0.2) is 17.8 Å². The van der Waals surface area contributed by atoms with Crippen LogP contribution >= 0.6 is 0 Å². The van der Waals surface area contributed by atoms with Crippen molar-refractivity contribution in [1.82, 2.24) is 15.2 Å². The van der Waals surface area contributed by atoms with Crippen molar-refractivity contribution < 1.29 is 58.8 Å². The van der Waals surface area contributed by atoms with Crippen LogP contribution in [-0.2, 0) is 23.7 Å². The van der Waals surface area contributed by atoms with Gasteiger partial charge in [-0.3, -0.25) is 4.79 Å². The number of aromatic nitrogens is 1. The van der Waals surface area contributed by atoms with Crippen molar-refractivity contribution in [1.29, 1.82) is 5.26 Å². The fraction of sp³-hybridized carbons (Fsp3) is 0.700. The minimum absolute atomic E-state index is 0.0649. The van der Waals surface area contributed by atoms with E-state index in [0.717, 1.165) is 16.7 Å². The highest BCUT2D eigenvalue weighted by molar-refractivity contribution is 5.81. The fourth-order valence-corrected chi connectivity index (χ4v) is 8.64. The first-order chi connectivity index (χ1) is 31.0. The second kappa shape index (κ2) is 25.7. The number of hydrogen-bond acceptors (Lipinski definition) is 15. The number of nitriles is 1. The first kappa shape index (κ1) is 56.8. The molecule has 1 amide bonds. The van der Waals surface area contributed by atoms with Gasteiger partial charge < -0.3 is 64.2 Å². The number of aliphatic hydroxyl groups excluding tert-OH is 6. The molecule has 3 heterocycles. The van der Waals surface area contributed by atoms with Crippen LogP contribution in [0, 0.1) is 34.5 Å². The number of allylic oxidation sites excluding steroid dienone is 7. The summed E-state index contributed by atoms with van der Waals surface area (Å²) in [5, 5.41) is 78.6. The van der Waals surface area contributed by atoms with Gasteiger partial charge in [-0.1, -0.05) is 77.5 Å². The van der Waals surface area contributed by atoms with E-state index in [9.17, 15) is 35.4 Å². The summed E-state index contributed by atoms with van der Waals surface area (Å²) in [4.78, 5) is 18.9. The Morgan fingerprint density at radius 3 is 2.38 bits per heavy atom. The monoisotopic (exact) mass is 929 g/mol. The van der Waals surface area contributed by atoms with Crippen LogP contribution in [0.2, 0.25) is 0 Å². The van der Waals surface area contributed by atoms with Crippen molar-refractivity contribution in [2.24, 2.45) is 23.2 Å². The van der Waals surface area contributed by atoms with E-state index >= 15 is 0 Å². The van der Waals surface area contributed by atoms with Gasteiger partial charge in [0.1, 0.15) is 24.2 Å². The summed E-state index contributed by atoms with van der Waals surface area (Å²) >= 11 is 0. The summed E-state index contributed by atoms with van der Waals surface area (Å²) in [7, 11) is 6.43. The third-order valence-corrected chi connectivity index (χ3v) is 13.8. The summed E-state index contributed by atoms with van der Waals surface area (Å²) in [6, 6.07) is 1.44. The average Bonchev–Trinajstić information content (AvgIpc) is 3.81. The number of aliphatic hydroxyl groups is 6. The standard InChI is InChI=1S/C50H80N4O12/c1-29(20-22-51)16-14-17-30(2)32(4)24-33(5)42(57)35(7)38(55)25-41(63-13)45-46(60)49(8,9)50(66-45)26-39(56)34(6)40(65-50)19-15-18-36-27-64-48(53-36)31(3)21-23-52-47(61)44(59)43(58)37(28-62-12)54(10)11/h14-18,20,24,27,31,33-35,37-46,55-60H,19,21,23,25-26,28H2,1-13H3,(H,52,61)/b16-14+,18-15+,29-20+,30-17+,32-24+/t31-,33+,34-,35-,37-,38-,39+,40-,41-,42+,43-,44-,45-,46-,50+/m1/s1. The van der Waals surface area contributed by atoms with Gasteiger partial charge in [0, 0.05) is 68.8 Å². The van der Waals surface area contributed by atoms with Crippen LogP contribution in [0.3, 0.4) is 0 Å². The summed E-state index contributed by atoms with van der Waals surface area (Å²) in [6.07, 6.45) is 6.39. The molecule has 372 valence electrons. The number of ether oxygens (including phenoxy) is 4. The summed E-state index contributed by atoms with van der Waals surface area (Å²) < 4.78 is 30.2. The van der Waals surface area contributed by atoms with Crippen LogP contribution in [0.1, 0.15) is 105 Å². The zero-order chi connectivity index (χ0) is 49.7. The molecule has 7 N–H and O–H groups in total. The van der Waals surface area contributed by atoms with Gasteiger partial charge in [0.2, 0.25) is 0 Å². The molecule has 2 saturated heterocycles. The summed E-state index contributed by atoms with van der Waals surface area (Å²) in [6.45, 7) is 17.3. The molecule has 16 nitrogen and oxygen atoms in total. The lowest BCUT2D eigenvalue weighted by atomic mass is 9.72. The molecule has 3 rings (SSSR count). The minimum Gasteiger partial charge on any atom is -0.448 e. The van der Waals surface area contributed by atoms with Gasteiger partial charge >= 0.3 is 0 Å². The Kier molecular flexibility index (Phi) is 22.1. The number of rotatable bonds is 24. The Morgan fingerprint density at radius 2 is 1.76 bits per heavy atom. The first-order valence-electron chi connectivity index (χ1n) is 23.1. The van der Waals surface area contributed by atoms with Crippen LogP contribution in [0.4, 0.5) is 0 Å². The van der Waals surface area contributed by atoms with Gasteiger partial charge in [-0.2, -0.15) is 5.26 Å². The number of oxazole rings is 1. The molecule has 66 heavy (non-hydrogen) atoms. The quantitative estimate of drug-likeness (QED) is 0.0555. The van der Waals surface area contributed by atoms with Gasteiger partial charge in [-0.25, -0.2) is 4.98 Å². The number of carbonyl (C=O) groups is 1. The second-order valence-electron chi connectivity index (χ2n) is 19.3. The minimum atomic E-state index is -1.63. The molecule has 1 aromatic rings. The molecule has 2 fully saturated rings. The first-order valence-corrected chi connectivity index (χ1v) is 23.1. The Bertz CT molecular complexity index is 1890. The van der Waals surface area contributed by atoms with E-state index in [4.69, 9.17) is 28.6 Å². The van der Waals surface area contributed by atoms with Gasteiger partial charge in [-0.05, 0) is 64.9 Å². The highest BCUT2D eigenvalue weighted by Gasteiger charge is 2.66. The molecule has 0 saturated carbocycles. The predicted octanol–water partition coefficient (Wildman–Crippen LogP) is 4.57.